The van der Waals surface area contributed by atoms with Crippen LogP contribution in [-0.4, -0.2) is 23.4 Å². The van der Waals surface area contributed by atoms with E-state index in [9.17, 15) is 4.79 Å². The summed E-state index contributed by atoms with van der Waals surface area (Å²) >= 11 is 3.45. The Kier molecular flexibility index (Phi) is 2.51. The van der Waals surface area contributed by atoms with Gasteiger partial charge in [0.15, 0.2) is 0 Å². The van der Waals surface area contributed by atoms with Gasteiger partial charge in [-0.25, -0.2) is 0 Å². The largest absolute Gasteiger partial charge is 0.335 e. The summed E-state index contributed by atoms with van der Waals surface area (Å²) in [6, 6.07) is 8.20. The van der Waals surface area contributed by atoms with Gasteiger partial charge >= 0.3 is 0 Å². The third-order valence-electron chi connectivity index (χ3n) is 3.77. The molecule has 1 aromatic rings. The number of halogens is 1. The zero-order valence-electron chi connectivity index (χ0n) is 9.03. The number of piperidine rings is 1. The van der Waals surface area contributed by atoms with Crippen LogP contribution >= 0.6 is 15.9 Å². The smallest absolute Gasteiger partial charge is 0.255 e. The molecule has 1 heterocycles. The fourth-order valence-corrected chi connectivity index (χ4v) is 3.42. The van der Waals surface area contributed by atoms with Gasteiger partial charge in [0.1, 0.15) is 0 Å². The first-order valence-electron chi connectivity index (χ1n) is 5.81. The lowest BCUT2D eigenvalue weighted by Gasteiger charge is -2.27. The average Bonchev–Trinajstić information content (AvgIpc) is 2.90. The average molecular weight is 280 g/mol. The minimum absolute atomic E-state index is 0.194. The Morgan fingerprint density at radius 2 is 2.12 bits per heavy atom. The molecule has 2 fully saturated rings. The highest BCUT2D eigenvalue weighted by atomic mass is 79.9. The van der Waals surface area contributed by atoms with Crippen molar-refractivity contribution < 1.29 is 4.79 Å². The van der Waals surface area contributed by atoms with Crippen LogP contribution in [0.3, 0.4) is 0 Å². The van der Waals surface area contributed by atoms with Crippen molar-refractivity contribution in [2.75, 3.05) is 6.54 Å². The number of benzene rings is 1. The third-order valence-corrected chi connectivity index (χ3v) is 4.47. The molecule has 1 aliphatic heterocycles. The molecule has 2 atom stereocenters. The molecule has 1 saturated heterocycles. The molecule has 0 aromatic heterocycles. The number of nitrogens with zero attached hydrogens (tertiary/aromatic N) is 1. The normalized spacial score (nSPS) is 27.4. The molecule has 0 radical (unpaired) electrons. The van der Waals surface area contributed by atoms with Gasteiger partial charge in [-0.1, -0.05) is 12.1 Å². The second-order valence-electron chi connectivity index (χ2n) is 4.77. The lowest BCUT2D eigenvalue weighted by molar-refractivity contribution is 0.0702. The molecule has 3 rings (SSSR count). The molecular weight excluding hydrogens is 266 g/mol. The van der Waals surface area contributed by atoms with Gasteiger partial charge in [-0.05, 0) is 53.2 Å². The summed E-state index contributed by atoms with van der Waals surface area (Å²) in [5, 5.41) is 0. The van der Waals surface area contributed by atoms with Crippen molar-refractivity contribution >= 4 is 21.8 Å². The van der Waals surface area contributed by atoms with E-state index in [1.807, 2.05) is 24.3 Å². The molecule has 1 amide bonds. The van der Waals surface area contributed by atoms with Crippen LogP contribution in [0.5, 0.6) is 0 Å². The van der Waals surface area contributed by atoms with Crippen molar-refractivity contribution in [3.63, 3.8) is 0 Å². The molecule has 1 aliphatic carbocycles. The fourth-order valence-electron chi connectivity index (χ4n) is 2.96. The van der Waals surface area contributed by atoms with Gasteiger partial charge in [0, 0.05) is 17.1 Å². The Labute approximate surface area is 104 Å². The summed E-state index contributed by atoms with van der Waals surface area (Å²) in [4.78, 5) is 14.4. The van der Waals surface area contributed by atoms with Crippen molar-refractivity contribution in [3.8, 4) is 0 Å². The van der Waals surface area contributed by atoms with E-state index in [0.29, 0.717) is 6.04 Å². The number of carbonyl (C=O) groups is 1. The SMILES string of the molecule is O=C(c1ccccc1Br)N1CC2CCC1C2. The van der Waals surface area contributed by atoms with Gasteiger partial charge < -0.3 is 4.90 Å². The minimum atomic E-state index is 0.194. The number of likely N-dealkylation sites (tertiary alicyclic amines) is 1. The highest BCUT2D eigenvalue weighted by molar-refractivity contribution is 9.10. The van der Waals surface area contributed by atoms with E-state index in [0.717, 1.165) is 22.5 Å². The molecule has 0 spiro atoms. The van der Waals surface area contributed by atoms with E-state index in [2.05, 4.69) is 20.8 Å². The summed E-state index contributed by atoms with van der Waals surface area (Å²) in [5.41, 5.74) is 0.801. The standard InChI is InChI=1S/C13H14BrNO/c14-12-4-2-1-3-11(12)13(16)15-8-9-5-6-10(15)7-9/h1-4,9-10H,5-8H2. The van der Waals surface area contributed by atoms with Gasteiger partial charge in [-0.3, -0.25) is 4.79 Å². The summed E-state index contributed by atoms with van der Waals surface area (Å²) < 4.78 is 0.905. The highest BCUT2D eigenvalue weighted by Gasteiger charge is 2.40. The number of amides is 1. The molecule has 3 heteroatoms. The molecule has 0 N–H and O–H groups in total. The lowest BCUT2D eigenvalue weighted by atomic mass is 10.1. The van der Waals surface area contributed by atoms with Crippen molar-refractivity contribution in [1.82, 2.24) is 4.90 Å². The maximum atomic E-state index is 12.4. The first-order valence-corrected chi connectivity index (χ1v) is 6.60. The Hall–Kier alpha value is -0.830. The van der Waals surface area contributed by atoms with Crippen LogP contribution in [0.15, 0.2) is 28.7 Å². The topological polar surface area (TPSA) is 20.3 Å². The Morgan fingerprint density at radius 1 is 1.31 bits per heavy atom. The van der Waals surface area contributed by atoms with Crippen LogP contribution < -0.4 is 0 Å². The van der Waals surface area contributed by atoms with E-state index < -0.39 is 0 Å². The first-order chi connectivity index (χ1) is 7.75. The second kappa shape index (κ2) is 3.88. The Balaban J connectivity index is 1.86. The number of rotatable bonds is 1. The quantitative estimate of drug-likeness (QED) is 0.774. The van der Waals surface area contributed by atoms with Crippen LogP contribution in [-0.2, 0) is 0 Å². The zero-order valence-corrected chi connectivity index (χ0v) is 10.6. The summed E-state index contributed by atoms with van der Waals surface area (Å²) in [6.45, 7) is 0.963. The minimum Gasteiger partial charge on any atom is -0.335 e. The second-order valence-corrected chi connectivity index (χ2v) is 5.62. The number of hydrogen-bond acceptors (Lipinski definition) is 1. The van der Waals surface area contributed by atoms with E-state index >= 15 is 0 Å². The molecule has 2 nitrogen and oxygen atoms in total. The zero-order chi connectivity index (χ0) is 11.1. The molecule has 1 saturated carbocycles. The van der Waals surface area contributed by atoms with Crippen molar-refractivity contribution in [1.29, 1.82) is 0 Å². The molecule has 2 bridgehead atoms. The maximum Gasteiger partial charge on any atom is 0.255 e. The maximum absolute atomic E-state index is 12.4. The predicted molar refractivity (Wildman–Crippen MR) is 66.3 cm³/mol. The van der Waals surface area contributed by atoms with Crippen molar-refractivity contribution in [2.45, 2.75) is 25.3 Å². The van der Waals surface area contributed by atoms with Gasteiger partial charge in [0.05, 0.1) is 5.56 Å². The number of carbonyl (C=O) groups excluding carboxylic acids is 1. The molecule has 1 aromatic carbocycles. The molecule has 16 heavy (non-hydrogen) atoms. The Morgan fingerprint density at radius 3 is 2.75 bits per heavy atom. The molecule has 2 aliphatic rings. The molecular formula is C13H14BrNO. The van der Waals surface area contributed by atoms with Crippen LogP contribution in [0.25, 0.3) is 0 Å². The van der Waals surface area contributed by atoms with E-state index in [1.165, 1.54) is 19.3 Å². The summed E-state index contributed by atoms with van der Waals surface area (Å²) in [6.07, 6.45) is 3.72. The van der Waals surface area contributed by atoms with E-state index in [4.69, 9.17) is 0 Å². The first kappa shape index (κ1) is 10.3. The fraction of sp³-hybridized carbons (Fsp3) is 0.462. The summed E-state index contributed by atoms with van der Waals surface area (Å²) in [5.74, 6) is 0.955. The van der Waals surface area contributed by atoms with Crippen molar-refractivity contribution in [3.05, 3.63) is 34.3 Å². The van der Waals surface area contributed by atoms with Crippen LogP contribution in [0.4, 0.5) is 0 Å². The van der Waals surface area contributed by atoms with Gasteiger partial charge in [-0.15, -0.1) is 0 Å². The third kappa shape index (κ3) is 1.58. The monoisotopic (exact) mass is 279 g/mol. The van der Waals surface area contributed by atoms with Crippen LogP contribution in [0, 0.1) is 5.92 Å². The number of fused-ring (bicyclic) bond motifs is 2. The highest BCUT2D eigenvalue weighted by Crippen LogP contribution is 2.38. The van der Waals surface area contributed by atoms with Crippen LogP contribution in [0.2, 0.25) is 0 Å². The van der Waals surface area contributed by atoms with Gasteiger partial charge in [-0.2, -0.15) is 0 Å². The molecule has 84 valence electrons. The van der Waals surface area contributed by atoms with Crippen molar-refractivity contribution in [2.24, 2.45) is 5.92 Å². The van der Waals surface area contributed by atoms with Crippen LogP contribution in [0.1, 0.15) is 29.6 Å². The Bertz CT molecular complexity index is 432. The predicted octanol–water partition coefficient (Wildman–Crippen LogP) is 3.07. The molecule has 2 unspecified atom stereocenters. The van der Waals surface area contributed by atoms with E-state index in [1.54, 1.807) is 0 Å². The van der Waals surface area contributed by atoms with Gasteiger partial charge in [0.2, 0.25) is 0 Å². The lowest BCUT2D eigenvalue weighted by Crippen LogP contribution is -2.37. The summed E-state index contributed by atoms with van der Waals surface area (Å²) in [7, 11) is 0. The van der Waals surface area contributed by atoms with E-state index in [-0.39, 0.29) is 5.91 Å². The number of hydrogen-bond donors (Lipinski definition) is 0. The van der Waals surface area contributed by atoms with Gasteiger partial charge in [0.25, 0.3) is 5.91 Å².